The van der Waals surface area contributed by atoms with Gasteiger partial charge in [-0.1, -0.05) is 122 Å². The van der Waals surface area contributed by atoms with Crippen molar-refractivity contribution in [3.05, 3.63) is 212 Å². The van der Waals surface area contributed by atoms with Crippen molar-refractivity contribution in [2.24, 2.45) is 0 Å². The lowest BCUT2D eigenvalue weighted by Gasteiger charge is -2.26. The number of rotatable bonds is 11. The van der Waals surface area contributed by atoms with Gasteiger partial charge < -0.3 is 19.4 Å². The highest BCUT2D eigenvalue weighted by Crippen LogP contribution is 2.40. The standard InChI is InChI=1S/C51H38N2O2/c1-2-36-12-14-37(15-13-36)35-54-47-31-28-45(29-32-47)53(46-30-33-51-49(34-46)48-10-6-7-11-50(48)55-51)44-26-20-41(21-27-44)40-18-24-43(25-19-40)52-42-22-16-39(17-23-42)38-8-4-3-5-9-38/h2-34,52H,1,35H2. The average molecular weight is 711 g/mol. The molecule has 0 saturated carbocycles. The molecule has 9 aromatic rings. The second-order valence-electron chi connectivity index (χ2n) is 13.5. The molecule has 1 heterocycles. The lowest BCUT2D eigenvalue weighted by molar-refractivity contribution is 0.306. The second kappa shape index (κ2) is 15.0. The van der Waals surface area contributed by atoms with Crippen molar-refractivity contribution in [3.8, 4) is 28.0 Å². The molecule has 1 aromatic heterocycles. The first kappa shape index (κ1) is 33.5. The van der Waals surface area contributed by atoms with Crippen molar-refractivity contribution in [2.75, 3.05) is 10.2 Å². The van der Waals surface area contributed by atoms with Gasteiger partial charge in [0, 0.05) is 39.2 Å². The van der Waals surface area contributed by atoms with Gasteiger partial charge in [-0.15, -0.1) is 0 Å². The number of anilines is 5. The fourth-order valence-corrected chi connectivity index (χ4v) is 7.00. The van der Waals surface area contributed by atoms with E-state index < -0.39 is 0 Å². The van der Waals surface area contributed by atoms with Crippen molar-refractivity contribution in [2.45, 2.75) is 6.61 Å². The minimum Gasteiger partial charge on any atom is -0.489 e. The van der Waals surface area contributed by atoms with Gasteiger partial charge in [-0.05, 0) is 118 Å². The van der Waals surface area contributed by atoms with Crippen LogP contribution in [-0.4, -0.2) is 0 Å². The number of fused-ring (bicyclic) bond motifs is 3. The van der Waals surface area contributed by atoms with E-state index in [2.05, 4.69) is 181 Å². The number of nitrogens with one attached hydrogen (secondary N) is 1. The van der Waals surface area contributed by atoms with E-state index in [0.717, 1.165) is 78.4 Å². The number of hydrogen-bond acceptors (Lipinski definition) is 4. The van der Waals surface area contributed by atoms with Gasteiger partial charge in [0.05, 0.1) is 0 Å². The minimum atomic E-state index is 0.491. The highest BCUT2D eigenvalue weighted by atomic mass is 16.5. The average Bonchev–Trinajstić information content (AvgIpc) is 3.63. The Kier molecular flexibility index (Phi) is 9.13. The molecule has 0 aliphatic carbocycles. The predicted octanol–water partition coefficient (Wildman–Crippen LogP) is 14.4. The molecule has 0 aliphatic rings. The summed E-state index contributed by atoms with van der Waals surface area (Å²) >= 11 is 0. The Labute approximate surface area is 321 Å². The Bertz CT molecular complexity index is 2700. The van der Waals surface area contributed by atoms with E-state index in [1.165, 1.54) is 11.1 Å². The quantitative estimate of drug-likeness (QED) is 0.145. The van der Waals surface area contributed by atoms with Gasteiger partial charge >= 0.3 is 0 Å². The molecule has 0 atom stereocenters. The lowest BCUT2D eigenvalue weighted by Crippen LogP contribution is -2.09. The van der Waals surface area contributed by atoms with Gasteiger partial charge in [-0.3, -0.25) is 0 Å². The number of benzene rings is 8. The molecule has 0 unspecified atom stereocenters. The predicted molar refractivity (Wildman–Crippen MR) is 230 cm³/mol. The molecular weight excluding hydrogens is 673 g/mol. The van der Waals surface area contributed by atoms with E-state index in [-0.39, 0.29) is 0 Å². The van der Waals surface area contributed by atoms with Crippen molar-refractivity contribution in [1.29, 1.82) is 0 Å². The van der Waals surface area contributed by atoms with Crippen molar-refractivity contribution in [1.82, 2.24) is 0 Å². The topological polar surface area (TPSA) is 37.6 Å². The summed E-state index contributed by atoms with van der Waals surface area (Å²) in [5.41, 5.74) is 13.9. The third-order valence-corrected chi connectivity index (χ3v) is 9.96. The van der Waals surface area contributed by atoms with Gasteiger partial charge in [-0.2, -0.15) is 0 Å². The molecule has 4 heteroatoms. The Morgan fingerprint density at radius 1 is 0.491 bits per heavy atom. The first-order valence-corrected chi connectivity index (χ1v) is 18.5. The van der Waals surface area contributed by atoms with Gasteiger partial charge in [-0.25, -0.2) is 0 Å². The monoisotopic (exact) mass is 710 g/mol. The SMILES string of the molecule is C=Cc1ccc(COc2ccc(N(c3ccc(-c4ccc(Nc5ccc(-c6ccccc6)cc5)cc4)cc3)c3ccc4oc5ccccc5c4c3)cc2)cc1. The van der Waals surface area contributed by atoms with E-state index in [1.807, 2.05) is 36.4 Å². The number of furan rings is 1. The largest absolute Gasteiger partial charge is 0.489 e. The first-order valence-electron chi connectivity index (χ1n) is 18.5. The Morgan fingerprint density at radius 3 is 1.65 bits per heavy atom. The number of nitrogens with zero attached hydrogens (tertiary/aromatic N) is 1. The number of hydrogen-bond donors (Lipinski definition) is 1. The summed E-state index contributed by atoms with van der Waals surface area (Å²) in [5.74, 6) is 0.810. The maximum absolute atomic E-state index is 6.17. The third-order valence-electron chi connectivity index (χ3n) is 9.96. The zero-order valence-corrected chi connectivity index (χ0v) is 30.2. The molecule has 264 valence electrons. The van der Waals surface area contributed by atoms with Crippen molar-refractivity contribution >= 4 is 56.5 Å². The van der Waals surface area contributed by atoms with E-state index >= 15 is 0 Å². The normalized spacial score (nSPS) is 11.1. The first-order chi connectivity index (χ1) is 27.2. The highest BCUT2D eigenvalue weighted by molar-refractivity contribution is 6.06. The lowest BCUT2D eigenvalue weighted by atomic mass is 10.0. The molecule has 4 nitrogen and oxygen atoms in total. The van der Waals surface area contributed by atoms with Crippen LogP contribution in [0.1, 0.15) is 11.1 Å². The maximum Gasteiger partial charge on any atom is 0.135 e. The molecule has 0 bridgehead atoms. The fraction of sp³-hybridized carbons (Fsp3) is 0.0196. The summed E-state index contributed by atoms with van der Waals surface area (Å²) in [6.07, 6.45) is 1.85. The van der Waals surface area contributed by atoms with Crippen molar-refractivity contribution < 1.29 is 9.15 Å². The van der Waals surface area contributed by atoms with E-state index in [0.29, 0.717) is 6.61 Å². The van der Waals surface area contributed by atoms with Crippen LogP contribution in [0.25, 0.3) is 50.3 Å². The van der Waals surface area contributed by atoms with Gasteiger partial charge in [0.2, 0.25) is 0 Å². The van der Waals surface area contributed by atoms with Crippen LogP contribution >= 0.6 is 0 Å². The molecule has 0 saturated heterocycles. The van der Waals surface area contributed by atoms with Crippen molar-refractivity contribution in [3.63, 3.8) is 0 Å². The second-order valence-corrected chi connectivity index (χ2v) is 13.5. The molecule has 55 heavy (non-hydrogen) atoms. The summed E-state index contributed by atoms with van der Waals surface area (Å²) in [6.45, 7) is 4.34. The van der Waals surface area contributed by atoms with Gasteiger partial charge in [0.25, 0.3) is 0 Å². The number of ether oxygens (including phenoxy) is 1. The highest BCUT2D eigenvalue weighted by Gasteiger charge is 2.16. The molecule has 0 spiro atoms. The van der Waals surface area contributed by atoms with E-state index in [9.17, 15) is 0 Å². The zero-order chi connectivity index (χ0) is 37.0. The number of para-hydroxylation sites is 1. The summed E-state index contributed by atoms with van der Waals surface area (Å²) in [6, 6.07) is 67.5. The van der Waals surface area contributed by atoms with Crippen LogP contribution in [0.3, 0.4) is 0 Å². The summed E-state index contributed by atoms with van der Waals surface area (Å²) in [4.78, 5) is 2.28. The van der Waals surface area contributed by atoms with Crippen LogP contribution in [0.15, 0.2) is 205 Å². The summed E-state index contributed by atoms with van der Waals surface area (Å²) in [7, 11) is 0. The van der Waals surface area contributed by atoms with E-state index in [1.54, 1.807) is 0 Å². The minimum absolute atomic E-state index is 0.491. The molecular formula is C51H38N2O2. The third kappa shape index (κ3) is 7.22. The van der Waals surface area contributed by atoms with Crippen LogP contribution < -0.4 is 15.0 Å². The Balaban J connectivity index is 0.968. The van der Waals surface area contributed by atoms with E-state index in [4.69, 9.17) is 9.15 Å². The smallest absolute Gasteiger partial charge is 0.135 e. The van der Waals surface area contributed by atoms with Crippen LogP contribution in [0.4, 0.5) is 28.4 Å². The molecule has 0 amide bonds. The fourth-order valence-electron chi connectivity index (χ4n) is 7.00. The molecule has 0 aliphatic heterocycles. The Hall–Kier alpha value is -7.30. The van der Waals surface area contributed by atoms with Gasteiger partial charge in [0.1, 0.15) is 23.5 Å². The summed E-state index contributed by atoms with van der Waals surface area (Å²) < 4.78 is 12.3. The van der Waals surface area contributed by atoms with Crippen LogP contribution in [0.5, 0.6) is 5.75 Å². The molecule has 1 N–H and O–H groups in total. The van der Waals surface area contributed by atoms with Crippen LogP contribution in [-0.2, 0) is 6.61 Å². The summed E-state index contributed by atoms with van der Waals surface area (Å²) in [5, 5.41) is 5.72. The van der Waals surface area contributed by atoms with Gasteiger partial charge in [0.15, 0.2) is 0 Å². The molecule has 9 rings (SSSR count). The molecule has 0 radical (unpaired) electrons. The molecule has 0 fully saturated rings. The molecule has 8 aromatic carbocycles. The Morgan fingerprint density at radius 2 is 1.02 bits per heavy atom. The zero-order valence-electron chi connectivity index (χ0n) is 30.2. The van der Waals surface area contributed by atoms with Crippen LogP contribution in [0.2, 0.25) is 0 Å². The maximum atomic E-state index is 6.17. The van der Waals surface area contributed by atoms with Crippen LogP contribution in [0, 0.1) is 0 Å².